The fraction of sp³-hybridized carbons (Fsp3) is 0.306. The minimum atomic E-state index is -1.32. The Hall–Kier alpha value is -5.25. The second kappa shape index (κ2) is 9.15. The van der Waals surface area contributed by atoms with Crippen LogP contribution in [-0.4, -0.2) is 39.8 Å². The van der Waals surface area contributed by atoms with E-state index >= 15 is 0 Å². The van der Waals surface area contributed by atoms with Crippen LogP contribution >= 0.6 is 0 Å². The number of fused-ring (bicyclic) bond motifs is 1. The van der Waals surface area contributed by atoms with Gasteiger partial charge in [0.15, 0.2) is 0 Å². The molecule has 4 amide bonds. The largest absolute Gasteiger partial charge is 0.293 e. The fourth-order valence-corrected chi connectivity index (χ4v) is 9.58. The Morgan fingerprint density at radius 3 is 1.96 bits per heavy atom. The summed E-state index contributed by atoms with van der Waals surface area (Å²) in [4.78, 5) is 69.3. The van der Waals surface area contributed by atoms with E-state index in [1.165, 1.54) is 12.1 Å². The van der Waals surface area contributed by atoms with E-state index in [4.69, 9.17) is 0 Å². The van der Waals surface area contributed by atoms with Gasteiger partial charge in [0.05, 0.1) is 34.0 Å². The van der Waals surface area contributed by atoms with Gasteiger partial charge in [0.25, 0.3) is 17.5 Å². The van der Waals surface area contributed by atoms with Crippen molar-refractivity contribution in [1.29, 1.82) is 0 Å². The van der Waals surface area contributed by atoms with Gasteiger partial charge >= 0.3 is 0 Å². The Morgan fingerprint density at radius 1 is 0.804 bits per heavy atom. The van der Waals surface area contributed by atoms with E-state index in [1.54, 1.807) is 19.2 Å². The van der Waals surface area contributed by atoms with Gasteiger partial charge in [-0.3, -0.25) is 29.3 Å². The molecule has 11 rings (SSSR count). The number of hydrogen-bond acceptors (Lipinski definition) is 7. The topological polar surface area (TPSA) is 130 Å². The van der Waals surface area contributed by atoms with Crippen LogP contribution in [0.15, 0.2) is 84.0 Å². The average Bonchev–Trinajstić information content (AvgIpc) is 3.50. The molecular weight excluding hydrogens is 584 g/mol. The summed E-state index contributed by atoms with van der Waals surface area (Å²) in [5.74, 6) is -5.04. The van der Waals surface area contributed by atoms with Gasteiger partial charge in [-0.05, 0) is 65.5 Å². The van der Waals surface area contributed by atoms with Crippen molar-refractivity contribution in [2.75, 3.05) is 4.90 Å². The highest BCUT2D eigenvalue weighted by molar-refractivity contribution is 6.26. The Morgan fingerprint density at radius 2 is 1.39 bits per heavy atom. The molecule has 3 fully saturated rings. The summed E-state index contributed by atoms with van der Waals surface area (Å²) in [6, 6.07) is 19.6. The van der Waals surface area contributed by atoms with Crippen LogP contribution in [0.3, 0.4) is 0 Å². The van der Waals surface area contributed by atoms with E-state index in [0.717, 1.165) is 45.0 Å². The van der Waals surface area contributed by atoms with Gasteiger partial charge in [-0.2, -0.15) is 10.1 Å². The Balaban J connectivity index is 1.24. The van der Waals surface area contributed by atoms with Gasteiger partial charge in [-0.25, -0.2) is 4.90 Å². The molecule has 0 aromatic heterocycles. The molecule has 2 saturated heterocycles. The number of nitro benzene ring substituents is 1. The van der Waals surface area contributed by atoms with Crippen molar-refractivity contribution < 1.29 is 24.1 Å². The maximum absolute atomic E-state index is 14.7. The number of hydrazone groups is 1. The molecule has 3 aromatic carbocycles. The summed E-state index contributed by atoms with van der Waals surface area (Å²) < 4.78 is 0. The lowest BCUT2D eigenvalue weighted by atomic mass is 9.47. The molecule has 6 atom stereocenters. The first-order valence-electron chi connectivity index (χ1n) is 15.7. The average molecular weight is 613 g/mol. The summed E-state index contributed by atoms with van der Waals surface area (Å²) in [6.07, 6.45) is 7.35. The van der Waals surface area contributed by atoms with Crippen LogP contribution in [0.1, 0.15) is 46.6 Å². The highest BCUT2D eigenvalue weighted by Crippen LogP contribution is 2.64. The van der Waals surface area contributed by atoms with E-state index < -0.39 is 51.7 Å². The molecule has 10 heteroatoms. The van der Waals surface area contributed by atoms with Gasteiger partial charge in [0.2, 0.25) is 11.8 Å². The molecule has 228 valence electrons. The van der Waals surface area contributed by atoms with Crippen LogP contribution < -0.4 is 4.90 Å². The molecule has 6 aliphatic carbocycles. The highest BCUT2D eigenvalue weighted by atomic mass is 16.6. The number of imide groups is 2. The van der Waals surface area contributed by atoms with Crippen LogP contribution in [0, 0.1) is 52.5 Å². The molecule has 0 N–H and O–H groups in total. The lowest BCUT2D eigenvalue weighted by Gasteiger charge is -2.52. The number of aryl methyl sites for hydroxylation is 1. The summed E-state index contributed by atoms with van der Waals surface area (Å²) in [5, 5.41) is 17.8. The van der Waals surface area contributed by atoms with E-state index in [1.807, 2.05) is 60.7 Å². The third kappa shape index (κ3) is 3.18. The minimum absolute atomic E-state index is 0.00588. The van der Waals surface area contributed by atoms with Crippen molar-refractivity contribution in [3.63, 3.8) is 0 Å². The van der Waals surface area contributed by atoms with E-state index in [2.05, 4.69) is 5.10 Å². The maximum Gasteiger partial charge on any atom is 0.293 e. The molecule has 1 saturated carbocycles. The third-order valence-electron chi connectivity index (χ3n) is 11.4. The number of benzene rings is 3. The molecule has 8 aliphatic rings. The summed E-state index contributed by atoms with van der Waals surface area (Å²) >= 11 is 0. The van der Waals surface area contributed by atoms with Crippen LogP contribution in [0.2, 0.25) is 0 Å². The quantitative estimate of drug-likeness (QED) is 0.139. The number of amides is 4. The fourth-order valence-electron chi connectivity index (χ4n) is 9.58. The molecule has 0 spiro atoms. The van der Waals surface area contributed by atoms with Gasteiger partial charge in [-0.15, -0.1) is 0 Å². The SMILES string of the molecule is Cc1ccc(N2C(=O)[C@@H]3C4c5ccccc5C(/C=N\N5C(=O)[C@@H]6[C@H](C5=O)[C@H]5C=C[C@H]6CC5)(c5ccccc54)[C@@H]3C2=O)c([N+](=O)[O-])c1. The number of nitrogens with zero attached hydrogens (tertiary/aromatic N) is 4. The van der Waals surface area contributed by atoms with Crippen LogP contribution in [0.4, 0.5) is 11.4 Å². The molecule has 46 heavy (non-hydrogen) atoms. The van der Waals surface area contributed by atoms with Crippen molar-refractivity contribution in [2.45, 2.75) is 31.1 Å². The standard InChI is InChI=1S/C36H28N4O6/c1-18-10-15-25(26(16-18)40(45)46)38-32(41)30-29-21-6-2-4-8-23(21)36(31(30)35(38)44,24-9-5-3-7-22(24)29)17-37-39-33(42)27-19-11-12-20(14-13-19)28(27)34(39)43/h2-12,15-17,19-20,27-31H,13-14H2,1H3/b37-17-/t19-,20-,27-,28+,29?,30+,31-,36?/m0/s1. The molecule has 0 unspecified atom stereocenters. The van der Waals surface area contributed by atoms with E-state index in [-0.39, 0.29) is 35.0 Å². The van der Waals surface area contributed by atoms with Crippen molar-refractivity contribution in [2.24, 2.45) is 40.6 Å². The molecule has 4 bridgehead atoms. The van der Waals surface area contributed by atoms with Crippen LogP contribution in [-0.2, 0) is 24.6 Å². The molecule has 10 nitrogen and oxygen atoms in total. The maximum atomic E-state index is 14.7. The van der Waals surface area contributed by atoms with Crippen molar-refractivity contribution in [3.05, 3.63) is 117 Å². The number of anilines is 1. The number of allylic oxidation sites excluding steroid dienone is 2. The van der Waals surface area contributed by atoms with Crippen molar-refractivity contribution in [3.8, 4) is 0 Å². The number of rotatable bonds is 4. The van der Waals surface area contributed by atoms with Gasteiger partial charge in [0, 0.05) is 18.2 Å². The number of carbonyl (C=O) groups is 4. The first-order valence-corrected chi connectivity index (χ1v) is 15.7. The summed E-state index contributed by atoms with van der Waals surface area (Å²) in [5.41, 5.74) is 2.14. The normalized spacial score (nSPS) is 33.1. The first kappa shape index (κ1) is 27.1. The van der Waals surface area contributed by atoms with Gasteiger partial charge in [0.1, 0.15) is 5.69 Å². The number of carbonyl (C=O) groups excluding carboxylic acids is 4. The molecule has 2 heterocycles. The van der Waals surface area contributed by atoms with E-state index in [9.17, 15) is 29.3 Å². The number of hydrogen-bond donors (Lipinski definition) is 0. The van der Waals surface area contributed by atoms with Gasteiger partial charge in [-0.1, -0.05) is 66.7 Å². The zero-order valence-corrected chi connectivity index (χ0v) is 24.8. The molecule has 0 radical (unpaired) electrons. The number of nitro groups is 1. The van der Waals surface area contributed by atoms with Crippen LogP contribution in [0.5, 0.6) is 0 Å². The summed E-state index contributed by atoms with van der Waals surface area (Å²) in [7, 11) is 0. The molecule has 2 aliphatic heterocycles. The third-order valence-corrected chi connectivity index (χ3v) is 11.4. The second-order valence-electron chi connectivity index (χ2n) is 13.4. The van der Waals surface area contributed by atoms with Gasteiger partial charge < -0.3 is 0 Å². The zero-order valence-electron chi connectivity index (χ0n) is 24.8. The predicted molar refractivity (Wildman–Crippen MR) is 165 cm³/mol. The predicted octanol–water partition coefficient (Wildman–Crippen LogP) is 4.64. The minimum Gasteiger partial charge on any atom is -0.274 e. The Kier molecular flexibility index (Phi) is 5.39. The van der Waals surface area contributed by atoms with Crippen molar-refractivity contribution in [1.82, 2.24) is 5.01 Å². The van der Waals surface area contributed by atoms with Crippen molar-refractivity contribution >= 4 is 41.2 Å². The lowest BCUT2D eigenvalue weighted by Crippen LogP contribution is -2.55. The second-order valence-corrected chi connectivity index (χ2v) is 13.4. The lowest BCUT2D eigenvalue weighted by molar-refractivity contribution is -0.384. The Labute approximate surface area is 263 Å². The highest BCUT2D eigenvalue weighted by Gasteiger charge is 2.68. The molecular formula is C36H28N4O6. The monoisotopic (exact) mass is 612 g/mol. The molecule has 3 aromatic rings. The van der Waals surface area contributed by atoms with Crippen LogP contribution in [0.25, 0.3) is 0 Å². The summed E-state index contributed by atoms with van der Waals surface area (Å²) in [6.45, 7) is 1.71. The first-order chi connectivity index (χ1) is 22.2. The smallest absolute Gasteiger partial charge is 0.274 e. The Bertz CT molecular complexity index is 1940. The van der Waals surface area contributed by atoms with E-state index in [0.29, 0.717) is 5.56 Å². The zero-order chi connectivity index (χ0) is 31.6.